The molecular weight excluding hydrogens is 356 g/mol. The molecule has 6 heteroatoms. The number of carbonyl (C=O) groups is 1. The highest BCUT2D eigenvalue weighted by atomic mass is 16.5. The van der Waals surface area contributed by atoms with Crippen LogP contribution in [0.4, 0.5) is 11.4 Å². The van der Waals surface area contributed by atoms with Gasteiger partial charge in [0, 0.05) is 18.8 Å². The van der Waals surface area contributed by atoms with E-state index in [-0.39, 0.29) is 12.3 Å². The molecule has 6 nitrogen and oxygen atoms in total. The number of hydrogen-bond acceptors (Lipinski definition) is 5. The smallest absolute Gasteiger partial charge is 0.228 e. The number of rotatable bonds is 7. The van der Waals surface area contributed by atoms with Crippen molar-refractivity contribution >= 4 is 17.3 Å². The zero-order valence-corrected chi connectivity index (χ0v) is 16.8. The Morgan fingerprint density at radius 2 is 1.57 bits per heavy atom. The van der Waals surface area contributed by atoms with Crippen molar-refractivity contribution in [2.45, 2.75) is 25.7 Å². The van der Waals surface area contributed by atoms with Crippen LogP contribution in [0.15, 0.2) is 36.4 Å². The first-order valence-corrected chi connectivity index (χ1v) is 9.58. The highest BCUT2D eigenvalue weighted by Gasteiger charge is 2.15. The topological polar surface area (TPSA) is 60.0 Å². The van der Waals surface area contributed by atoms with Crippen LogP contribution in [0.5, 0.6) is 17.2 Å². The van der Waals surface area contributed by atoms with E-state index < -0.39 is 0 Å². The summed E-state index contributed by atoms with van der Waals surface area (Å²) in [5.41, 5.74) is 2.65. The second-order valence-electron chi connectivity index (χ2n) is 6.85. The molecule has 1 aliphatic heterocycles. The Hall–Kier alpha value is -2.89. The molecule has 0 spiro atoms. The summed E-state index contributed by atoms with van der Waals surface area (Å²) in [6.07, 6.45) is 3.92. The minimum atomic E-state index is -0.110. The summed E-state index contributed by atoms with van der Waals surface area (Å²) < 4.78 is 16.0. The molecule has 0 aromatic heterocycles. The lowest BCUT2D eigenvalue weighted by atomic mass is 10.1. The lowest BCUT2D eigenvalue weighted by molar-refractivity contribution is -0.115. The molecule has 0 atom stereocenters. The van der Waals surface area contributed by atoms with E-state index in [4.69, 9.17) is 14.2 Å². The highest BCUT2D eigenvalue weighted by Crippen LogP contribution is 2.32. The quantitative estimate of drug-likeness (QED) is 0.785. The lowest BCUT2D eigenvalue weighted by Gasteiger charge is -2.29. The second kappa shape index (κ2) is 9.35. The number of anilines is 2. The number of amides is 1. The SMILES string of the molecule is COc1ccc(N2CCCCC2)cc1NC(=O)Cc1ccc(OC)c(OC)c1. The number of benzene rings is 2. The first kappa shape index (κ1) is 19.9. The van der Waals surface area contributed by atoms with Crippen LogP contribution in [0.25, 0.3) is 0 Å². The van der Waals surface area contributed by atoms with Gasteiger partial charge in [0.05, 0.1) is 33.4 Å². The molecule has 1 saturated heterocycles. The first-order valence-electron chi connectivity index (χ1n) is 9.58. The highest BCUT2D eigenvalue weighted by molar-refractivity contribution is 5.94. The molecule has 1 amide bonds. The Morgan fingerprint density at radius 3 is 2.25 bits per heavy atom. The van der Waals surface area contributed by atoms with Crippen molar-refractivity contribution in [1.29, 1.82) is 0 Å². The van der Waals surface area contributed by atoms with Gasteiger partial charge in [-0.3, -0.25) is 4.79 Å². The van der Waals surface area contributed by atoms with Crippen LogP contribution >= 0.6 is 0 Å². The van der Waals surface area contributed by atoms with E-state index in [0.717, 1.165) is 24.3 Å². The molecule has 2 aromatic carbocycles. The first-order chi connectivity index (χ1) is 13.6. The van der Waals surface area contributed by atoms with Gasteiger partial charge in [-0.2, -0.15) is 0 Å². The minimum absolute atomic E-state index is 0.110. The van der Waals surface area contributed by atoms with Crippen molar-refractivity contribution < 1.29 is 19.0 Å². The maximum absolute atomic E-state index is 12.6. The van der Waals surface area contributed by atoms with E-state index in [2.05, 4.69) is 10.2 Å². The molecule has 1 fully saturated rings. The molecule has 0 aliphatic carbocycles. The zero-order valence-electron chi connectivity index (χ0n) is 16.8. The summed E-state index contributed by atoms with van der Waals surface area (Å²) in [7, 11) is 4.78. The lowest BCUT2D eigenvalue weighted by Crippen LogP contribution is -2.29. The van der Waals surface area contributed by atoms with Crippen molar-refractivity contribution in [3.05, 3.63) is 42.0 Å². The number of nitrogens with one attached hydrogen (secondary N) is 1. The van der Waals surface area contributed by atoms with Crippen LogP contribution in [0.1, 0.15) is 24.8 Å². The number of hydrogen-bond donors (Lipinski definition) is 1. The fourth-order valence-corrected chi connectivity index (χ4v) is 3.51. The number of nitrogens with zero attached hydrogens (tertiary/aromatic N) is 1. The monoisotopic (exact) mass is 384 g/mol. The van der Waals surface area contributed by atoms with Gasteiger partial charge in [0.25, 0.3) is 0 Å². The van der Waals surface area contributed by atoms with E-state index >= 15 is 0 Å². The number of carbonyl (C=O) groups excluding carboxylic acids is 1. The summed E-state index contributed by atoms with van der Waals surface area (Å²) in [5, 5.41) is 2.99. The molecule has 2 aromatic rings. The predicted octanol–water partition coefficient (Wildman–Crippen LogP) is 3.88. The van der Waals surface area contributed by atoms with Crippen molar-refractivity contribution in [2.24, 2.45) is 0 Å². The third kappa shape index (κ3) is 4.68. The Morgan fingerprint density at radius 1 is 0.893 bits per heavy atom. The maximum Gasteiger partial charge on any atom is 0.228 e. The van der Waals surface area contributed by atoms with Gasteiger partial charge in [0.15, 0.2) is 11.5 Å². The van der Waals surface area contributed by atoms with Crippen LogP contribution < -0.4 is 24.4 Å². The van der Waals surface area contributed by atoms with Gasteiger partial charge in [-0.1, -0.05) is 6.07 Å². The van der Waals surface area contributed by atoms with Crippen LogP contribution in [0.3, 0.4) is 0 Å². The average molecular weight is 384 g/mol. The van der Waals surface area contributed by atoms with Gasteiger partial charge >= 0.3 is 0 Å². The normalized spacial score (nSPS) is 13.8. The van der Waals surface area contributed by atoms with Gasteiger partial charge in [-0.15, -0.1) is 0 Å². The van der Waals surface area contributed by atoms with Gasteiger partial charge in [-0.05, 0) is 55.2 Å². The van der Waals surface area contributed by atoms with Crippen molar-refractivity contribution in [3.63, 3.8) is 0 Å². The summed E-state index contributed by atoms with van der Waals surface area (Å²) in [6, 6.07) is 11.4. The van der Waals surface area contributed by atoms with Crippen molar-refractivity contribution in [2.75, 3.05) is 44.6 Å². The Balaban J connectivity index is 1.73. The largest absolute Gasteiger partial charge is 0.495 e. The number of piperidine rings is 1. The predicted molar refractivity (Wildman–Crippen MR) is 111 cm³/mol. The molecule has 0 unspecified atom stereocenters. The fraction of sp³-hybridized carbons (Fsp3) is 0.409. The van der Waals surface area contributed by atoms with Gasteiger partial charge in [0.2, 0.25) is 5.91 Å². The molecule has 0 bridgehead atoms. The molecule has 3 rings (SSSR count). The molecule has 1 heterocycles. The van der Waals surface area contributed by atoms with Gasteiger partial charge < -0.3 is 24.4 Å². The van der Waals surface area contributed by atoms with E-state index in [1.807, 2.05) is 30.3 Å². The van der Waals surface area contributed by atoms with Crippen LogP contribution in [0, 0.1) is 0 Å². The van der Waals surface area contributed by atoms with E-state index in [1.165, 1.54) is 19.3 Å². The van der Waals surface area contributed by atoms with Crippen molar-refractivity contribution in [3.8, 4) is 17.2 Å². The second-order valence-corrected chi connectivity index (χ2v) is 6.85. The summed E-state index contributed by atoms with van der Waals surface area (Å²) in [6.45, 7) is 2.09. The molecule has 150 valence electrons. The molecule has 0 saturated carbocycles. The van der Waals surface area contributed by atoms with E-state index in [1.54, 1.807) is 27.4 Å². The van der Waals surface area contributed by atoms with Crippen LogP contribution in [-0.2, 0) is 11.2 Å². The number of ether oxygens (including phenoxy) is 3. The third-order valence-electron chi connectivity index (χ3n) is 4.99. The third-order valence-corrected chi connectivity index (χ3v) is 4.99. The average Bonchev–Trinajstić information content (AvgIpc) is 2.74. The zero-order chi connectivity index (χ0) is 19.9. The number of methoxy groups -OCH3 is 3. The fourth-order valence-electron chi connectivity index (χ4n) is 3.51. The summed E-state index contributed by atoms with van der Waals surface area (Å²) in [5.74, 6) is 1.79. The Kier molecular flexibility index (Phi) is 6.63. The van der Waals surface area contributed by atoms with E-state index in [0.29, 0.717) is 22.9 Å². The summed E-state index contributed by atoms with van der Waals surface area (Å²) in [4.78, 5) is 15.0. The molecule has 0 radical (unpaired) electrons. The van der Waals surface area contributed by atoms with Crippen LogP contribution in [0.2, 0.25) is 0 Å². The van der Waals surface area contributed by atoms with Crippen molar-refractivity contribution in [1.82, 2.24) is 0 Å². The maximum atomic E-state index is 12.6. The standard InChI is InChI=1S/C22H28N2O4/c1-26-19-10-8-17(24-11-5-4-6-12-24)15-18(19)23-22(25)14-16-7-9-20(27-2)21(13-16)28-3/h7-10,13,15H,4-6,11-12,14H2,1-3H3,(H,23,25). The van der Waals surface area contributed by atoms with Crippen LogP contribution in [-0.4, -0.2) is 40.3 Å². The summed E-state index contributed by atoms with van der Waals surface area (Å²) >= 11 is 0. The Bertz CT molecular complexity index is 816. The van der Waals surface area contributed by atoms with Gasteiger partial charge in [-0.25, -0.2) is 0 Å². The minimum Gasteiger partial charge on any atom is -0.495 e. The molecular formula is C22H28N2O4. The van der Waals surface area contributed by atoms with E-state index in [9.17, 15) is 4.79 Å². The van der Waals surface area contributed by atoms with Gasteiger partial charge in [0.1, 0.15) is 5.75 Å². The molecule has 1 N–H and O–H groups in total. The molecule has 1 aliphatic rings. The molecule has 28 heavy (non-hydrogen) atoms. The Labute approximate surface area is 166 Å².